The molecule has 1 aromatic rings. The van der Waals surface area contributed by atoms with Crippen LogP contribution >= 0.6 is 15.9 Å². The van der Waals surface area contributed by atoms with Crippen molar-refractivity contribution < 1.29 is 34.4 Å². The highest BCUT2D eigenvalue weighted by atomic mass is 79.9. The molecule has 0 bridgehead atoms. The van der Waals surface area contributed by atoms with Gasteiger partial charge in [-0.3, -0.25) is 4.79 Å². The maximum atomic E-state index is 12.6. The average molecular weight is 441 g/mol. The average Bonchev–Trinajstić information content (AvgIpc) is 2.62. The normalized spacial score (nSPS) is 26.5. The number of aliphatic hydroxyl groups excluding tert-OH is 2. The standard InChI is InChI=1S/C19H21BrO7/c1-10-5-3-7-12(21)18(24)13(22)8-4-6-11-16(19(25)27-10)14(23)9-15(26-2)17(11)20/h3-4,6-7,9-10,13,18,22-24H,5,8H2,1-2H3/b6-4+,7-3-/t10-,13-,18+/m0/s1. The number of ether oxygens (including phenoxy) is 2. The van der Waals surface area contributed by atoms with Gasteiger partial charge >= 0.3 is 5.97 Å². The summed E-state index contributed by atoms with van der Waals surface area (Å²) in [6.45, 7) is 1.63. The molecule has 8 heteroatoms. The van der Waals surface area contributed by atoms with E-state index in [2.05, 4.69) is 15.9 Å². The number of ketones is 1. The Morgan fingerprint density at radius 1 is 1.19 bits per heavy atom. The molecule has 0 fully saturated rings. The van der Waals surface area contributed by atoms with Gasteiger partial charge in [0.15, 0.2) is 5.78 Å². The Morgan fingerprint density at radius 2 is 1.85 bits per heavy atom. The van der Waals surface area contributed by atoms with Gasteiger partial charge in [-0.15, -0.1) is 0 Å². The Hall–Kier alpha value is -2.16. The maximum Gasteiger partial charge on any atom is 0.342 e. The first-order valence-electron chi connectivity index (χ1n) is 8.29. The van der Waals surface area contributed by atoms with Crippen molar-refractivity contribution in [2.75, 3.05) is 7.11 Å². The molecule has 3 N–H and O–H groups in total. The van der Waals surface area contributed by atoms with E-state index in [0.717, 1.165) is 6.08 Å². The van der Waals surface area contributed by atoms with Crippen molar-refractivity contribution in [1.82, 2.24) is 0 Å². The SMILES string of the molecule is COc1cc(O)c2c(c1Br)/C=C/C[C@H](O)[C@H](O)C(=O)/C=C\C[C@H](C)OC2=O. The van der Waals surface area contributed by atoms with Gasteiger partial charge in [-0.2, -0.15) is 0 Å². The number of methoxy groups -OCH3 is 1. The highest BCUT2D eigenvalue weighted by molar-refractivity contribution is 9.10. The summed E-state index contributed by atoms with van der Waals surface area (Å²) in [6.07, 6.45) is 2.30. The summed E-state index contributed by atoms with van der Waals surface area (Å²) in [5.74, 6) is -1.38. The van der Waals surface area contributed by atoms with Crippen LogP contribution in [0.25, 0.3) is 6.08 Å². The molecule has 1 aromatic carbocycles. The number of hydrogen-bond donors (Lipinski definition) is 3. The minimum absolute atomic E-state index is 0.0456. The molecular weight excluding hydrogens is 420 g/mol. The Balaban J connectivity index is 2.54. The van der Waals surface area contributed by atoms with Crippen molar-refractivity contribution in [3.8, 4) is 11.5 Å². The molecule has 7 nitrogen and oxygen atoms in total. The van der Waals surface area contributed by atoms with Gasteiger partial charge in [-0.25, -0.2) is 4.79 Å². The van der Waals surface area contributed by atoms with Crippen molar-refractivity contribution in [2.24, 2.45) is 0 Å². The van der Waals surface area contributed by atoms with Gasteiger partial charge in [-0.05, 0) is 35.4 Å². The number of carbonyl (C=O) groups excluding carboxylic acids is 2. The van der Waals surface area contributed by atoms with E-state index in [-0.39, 0.29) is 24.2 Å². The molecule has 0 amide bonds. The minimum atomic E-state index is -1.56. The largest absolute Gasteiger partial charge is 0.507 e. The molecule has 0 aromatic heterocycles. The summed E-state index contributed by atoms with van der Waals surface area (Å²) >= 11 is 3.34. The van der Waals surface area contributed by atoms with Gasteiger partial charge in [0.1, 0.15) is 29.3 Å². The summed E-state index contributed by atoms with van der Waals surface area (Å²) in [5, 5.41) is 30.2. The number of carbonyl (C=O) groups is 2. The van der Waals surface area contributed by atoms with Gasteiger partial charge in [0.05, 0.1) is 17.7 Å². The molecule has 3 atom stereocenters. The number of rotatable bonds is 1. The third kappa shape index (κ3) is 4.97. The number of halogens is 1. The maximum absolute atomic E-state index is 12.6. The fourth-order valence-electron chi connectivity index (χ4n) is 2.57. The molecule has 0 unspecified atom stereocenters. The molecule has 0 radical (unpaired) electrons. The van der Waals surface area contributed by atoms with Crippen molar-refractivity contribution in [1.29, 1.82) is 0 Å². The van der Waals surface area contributed by atoms with Crippen LogP contribution < -0.4 is 4.74 Å². The number of hydrogen-bond acceptors (Lipinski definition) is 7. The molecular formula is C19H21BrO7. The lowest BCUT2D eigenvalue weighted by molar-refractivity contribution is -0.127. The van der Waals surface area contributed by atoms with E-state index in [1.165, 1.54) is 31.4 Å². The van der Waals surface area contributed by atoms with Crippen molar-refractivity contribution in [2.45, 2.75) is 38.1 Å². The molecule has 0 spiro atoms. The van der Waals surface area contributed by atoms with E-state index in [9.17, 15) is 24.9 Å². The predicted octanol–water partition coefficient (Wildman–Crippen LogP) is 2.36. The zero-order chi connectivity index (χ0) is 20.1. The number of fused-ring (bicyclic) bond motifs is 1. The van der Waals surface area contributed by atoms with Crippen LogP contribution in [0.2, 0.25) is 0 Å². The first-order valence-corrected chi connectivity index (χ1v) is 9.09. The van der Waals surface area contributed by atoms with Crippen LogP contribution in [0.3, 0.4) is 0 Å². The van der Waals surface area contributed by atoms with E-state index < -0.39 is 30.1 Å². The Bertz CT molecular complexity index is 785. The third-order valence-electron chi connectivity index (χ3n) is 4.05. The van der Waals surface area contributed by atoms with Crippen LogP contribution in [0, 0.1) is 0 Å². The van der Waals surface area contributed by atoms with Gasteiger partial charge in [0.2, 0.25) is 0 Å². The zero-order valence-electron chi connectivity index (χ0n) is 14.9. The highest BCUT2D eigenvalue weighted by Gasteiger charge is 2.25. The number of aliphatic hydroxyl groups is 2. The highest BCUT2D eigenvalue weighted by Crippen LogP contribution is 2.38. The number of cyclic esters (lactones) is 1. The van der Waals surface area contributed by atoms with E-state index in [1.807, 2.05) is 0 Å². The summed E-state index contributed by atoms with van der Waals surface area (Å²) in [5.41, 5.74) is 0.239. The molecule has 1 aliphatic rings. The zero-order valence-corrected chi connectivity index (χ0v) is 16.5. The Kier molecular flexibility index (Phi) is 7.18. The Morgan fingerprint density at radius 3 is 2.52 bits per heavy atom. The lowest BCUT2D eigenvalue weighted by Crippen LogP contribution is -2.32. The third-order valence-corrected chi connectivity index (χ3v) is 4.86. The van der Waals surface area contributed by atoms with Crippen LogP contribution in [0.1, 0.15) is 35.7 Å². The number of phenols is 1. The molecule has 0 saturated carbocycles. The Labute approximate surface area is 165 Å². The van der Waals surface area contributed by atoms with Gasteiger partial charge in [0.25, 0.3) is 0 Å². The molecule has 2 rings (SSSR count). The quantitative estimate of drug-likeness (QED) is 0.574. The first kappa shape index (κ1) is 21.1. The number of phenolic OH excluding ortho intramolecular Hbond substituents is 1. The smallest absolute Gasteiger partial charge is 0.342 e. The summed E-state index contributed by atoms with van der Waals surface area (Å²) in [7, 11) is 1.41. The minimum Gasteiger partial charge on any atom is -0.507 e. The van der Waals surface area contributed by atoms with E-state index in [0.29, 0.717) is 15.8 Å². The molecule has 0 saturated heterocycles. The fourth-order valence-corrected chi connectivity index (χ4v) is 3.17. The first-order chi connectivity index (χ1) is 12.8. The molecule has 27 heavy (non-hydrogen) atoms. The monoisotopic (exact) mass is 440 g/mol. The summed E-state index contributed by atoms with van der Waals surface area (Å²) < 4.78 is 10.9. The summed E-state index contributed by atoms with van der Waals surface area (Å²) in [6, 6.07) is 1.29. The molecule has 1 heterocycles. The van der Waals surface area contributed by atoms with Crippen molar-refractivity contribution in [3.05, 3.63) is 39.9 Å². The van der Waals surface area contributed by atoms with Gasteiger partial charge < -0.3 is 24.8 Å². The van der Waals surface area contributed by atoms with E-state index in [4.69, 9.17) is 9.47 Å². The molecule has 0 aliphatic carbocycles. The van der Waals surface area contributed by atoms with Crippen molar-refractivity contribution in [3.63, 3.8) is 0 Å². The lowest BCUT2D eigenvalue weighted by Gasteiger charge is -2.17. The lowest BCUT2D eigenvalue weighted by atomic mass is 10.0. The fraction of sp³-hybridized carbons (Fsp3) is 0.368. The molecule has 146 valence electrons. The summed E-state index contributed by atoms with van der Waals surface area (Å²) in [4.78, 5) is 24.4. The molecule has 1 aliphatic heterocycles. The predicted molar refractivity (Wildman–Crippen MR) is 102 cm³/mol. The van der Waals surface area contributed by atoms with E-state index >= 15 is 0 Å². The topological polar surface area (TPSA) is 113 Å². The van der Waals surface area contributed by atoms with Crippen LogP contribution in [0.4, 0.5) is 0 Å². The second-order valence-corrected chi connectivity index (χ2v) is 6.90. The second kappa shape index (κ2) is 9.16. The van der Waals surface area contributed by atoms with Crippen LogP contribution in [0.5, 0.6) is 11.5 Å². The number of aromatic hydroxyl groups is 1. The second-order valence-electron chi connectivity index (χ2n) is 6.11. The van der Waals surface area contributed by atoms with Crippen LogP contribution in [-0.4, -0.2) is 52.5 Å². The van der Waals surface area contributed by atoms with E-state index in [1.54, 1.807) is 6.92 Å². The van der Waals surface area contributed by atoms with Gasteiger partial charge in [-0.1, -0.05) is 18.2 Å². The van der Waals surface area contributed by atoms with Crippen LogP contribution in [0.15, 0.2) is 28.8 Å². The van der Waals surface area contributed by atoms with Gasteiger partial charge in [0, 0.05) is 18.1 Å². The van der Waals surface area contributed by atoms with Crippen molar-refractivity contribution >= 4 is 33.8 Å². The van der Waals surface area contributed by atoms with Crippen LogP contribution in [-0.2, 0) is 9.53 Å². The number of benzene rings is 1. The number of esters is 1.